The summed E-state index contributed by atoms with van der Waals surface area (Å²) in [6, 6.07) is 7.39. The van der Waals surface area contributed by atoms with E-state index >= 15 is 0 Å². The SMILES string of the molecule is COC(=O)[C@]1(C)C[C@H](C(=O)N2CCCCC2)[C@H](c2ccc(Cl)cc2)N1C. The van der Waals surface area contributed by atoms with Gasteiger partial charge in [0.1, 0.15) is 5.54 Å². The smallest absolute Gasteiger partial charge is 0.326 e. The Bertz CT molecular complexity index is 672. The van der Waals surface area contributed by atoms with Gasteiger partial charge in [-0.15, -0.1) is 0 Å². The van der Waals surface area contributed by atoms with Gasteiger partial charge in [0.05, 0.1) is 13.0 Å². The van der Waals surface area contributed by atoms with Crippen molar-refractivity contribution in [2.45, 2.75) is 44.2 Å². The summed E-state index contributed by atoms with van der Waals surface area (Å²) >= 11 is 6.04. The number of ether oxygens (including phenoxy) is 1. The predicted octanol–water partition coefficient (Wildman–Crippen LogP) is 3.28. The minimum atomic E-state index is -0.824. The summed E-state index contributed by atoms with van der Waals surface area (Å²) in [5.41, 5.74) is 0.176. The van der Waals surface area contributed by atoms with E-state index in [1.807, 2.05) is 48.0 Å². The molecule has 6 heteroatoms. The molecule has 142 valence electrons. The predicted molar refractivity (Wildman–Crippen MR) is 101 cm³/mol. The Morgan fingerprint density at radius 1 is 1.15 bits per heavy atom. The third-order valence-corrected chi connectivity index (χ3v) is 6.27. The summed E-state index contributed by atoms with van der Waals surface area (Å²) in [5, 5.41) is 0.657. The van der Waals surface area contributed by atoms with E-state index < -0.39 is 5.54 Å². The normalized spacial score (nSPS) is 29.6. The lowest BCUT2D eigenvalue weighted by Crippen LogP contribution is -2.47. The highest BCUT2D eigenvalue weighted by Crippen LogP contribution is 2.47. The van der Waals surface area contributed by atoms with Crippen LogP contribution in [0.5, 0.6) is 0 Å². The Morgan fingerprint density at radius 2 is 1.77 bits per heavy atom. The topological polar surface area (TPSA) is 49.9 Å². The molecule has 3 atom stereocenters. The lowest BCUT2D eigenvalue weighted by Gasteiger charge is -2.34. The molecule has 5 nitrogen and oxygen atoms in total. The number of nitrogens with zero attached hydrogens (tertiary/aromatic N) is 2. The number of hydrogen-bond acceptors (Lipinski definition) is 4. The van der Waals surface area contributed by atoms with Crippen molar-refractivity contribution in [2.75, 3.05) is 27.2 Å². The van der Waals surface area contributed by atoms with Crippen molar-refractivity contribution in [1.82, 2.24) is 9.80 Å². The number of esters is 1. The number of amides is 1. The zero-order chi connectivity index (χ0) is 18.9. The van der Waals surface area contributed by atoms with Crippen LogP contribution in [0, 0.1) is 5.92 Å². The van der Waals surface area contributed by atoms with Crippen LogP contribution in [-0.2, 0) is 14.3 Å². The summed E-state index contributed by atoms with van der Waals surface area (Å²) in [7, 11) is 3.30. The number of benzene rings is 1. The first-order valence-electron chi connectivity index (χ1n) is 9.24. The first kappa shape index (κ1) is 19.2. The minimum Gasteiger partial charge on any atom is -0.468 e. The molecule has 0 unspecified atom stereocenters. The zero-order valence-electron chi connectivity index (χ0n) is 15.7. The Hall–Kier alpha value is -1.59. The first-order chi connectivity index (χ1) is 12.4. The number of likely N-dealkylation sites (N-methyl/N-ethyl adjacent to an activating group) is 1. The Morgan fingerprint density at radius 3 is 2.35 bits per heavy atom. The van der Waals surface area contributed by atoms with E-state index in [0.717, 1.165) is 31.5 Å². The quantitative estimate of drug-likeness (QED) is 0.757. The summed E-state index contributed by atoms with van der Waals surface area (Å²) in [6.07, 6.45) is 3.73. The fourth-order valence-electron chi connectivity index (χ4n) is 4.39. The molecule has 1 aromatic carbocycles. The van der Waals surface area contributed by atoms with Gasteiger partial charge in [-0.05, 0) is 57.4 Å². The van der Waals surface area contributed by atoms with E-state index in [0.29, 0.717) is 11.4 Å². The summed E-state index contributed by atoms with van der Waals surface area (Å²) < 4.78 is 5.06. The molecule has 0 aromatic heterocycles. The van der Waals surface area contributed by atoms with Crippen LogP contribution in [0.15, 0.2) is 24.3 Å². The number of hydrogen-bond donors (Lipinski definition) is 0. The molecule has 0 N–H and O–H groups in total. The van der Waals surface area contributed by atoms with Crippen molar-refractivity contribution >= 4 is 23.5 Å². The molecule has 26 heavy (non-hydrogen) atoms. The van der Waals surface area contributed by atoms with E-state index in [1.54, 1.807) is 0 Å². The van der Waals surface area contributed by atoms with Gasteiger partial charge in [-0.3, -0.25) is 14.5 Å². The Labute approximate surface area is 160 Å². The fourth-order valence-corrected chi connectivity index (χ4v) is 4.52. The first-order valence-corrected chi connectivity index (χ1v) is 9.62. The van der Waals surface area contributed by atoms with Gasteiger partial charge in [0, 0.05) is 24.2 Å². The van der Waals surface area contributed by atoms with E-state index in [2.05, 4.69) is 0 Å². The van der Waals surface area contributed by atoms with Crippen molar-refractivity contribution in [2.24, 2.45) is 5.92 Å². The molecule has 0 bridgehead atoms. The second-order valence-electron chi connectivity index (χ2n) is 7.57. The molecule has 2 heterocycles. The molecule has 0 spiro atoms. The van der Waals surface area contributed by atoms with E-state index in [4.69, 9.17) is 16.3 Å². The van der Waals surface area contributed by atoms with Crippen LogP contribution in [0.2, 0.25) is 5.02 Å². The maximum absolute atomic E-state index is 13.3. The molecule has 2 fully saturated rings. The molecule has 1 aromatic rings. The molecular weight excluding hydrogens is 352 g/mol. The highest BCUT2D eigenvalue weighted by molar-refractivity contribution is 6.30. The van der Waals surface area contributed by atoms with Gasteiger partial charge in [-0.25, -0.2) is 0 Å². The van der Waals surface area contributed by atoms with Crippen LogP contribution in [0.1, 0.15) is 44.2 Å². The number of halogens is 1. The summed E-state index contributed by atoms with van der Waals surface area (Å²) in [4.78, 5) is 29.8. The Balaban J connectivity index is 1.96. The molecule has 0 aliphatic carbocycles. The third-order valence-electron chi connectivity index (χ3n) is 6.02. The van der Waals surface area contributed by atoms with Gasteiger partial charge in [0.25, 0.3) is 0 Å². The van der Waals surface area contributed by atoms with Gasteiger partial charge in [-0.1, -0.05) is 23.7 Å². The van der Waals surface area contributed by atoms with Crippen LogP contribution in [0.3, 0.4) is 0 Å². The highest BCUT2D eigenvalue weighted by Gasteiger charge is 2.55. The molecular formula is C20H27ClN2O3. The third kappa shape index (κ3) is 3.35. The van der Waals surface area contributed by atoms with E-state index in [9.17, 15) is 9.59 Å². The largest absolute Gasteiger partial charge is 0.468 e. The van der Waals surface area contributed by atoms with E-state index in [1.165, 1.54) is 13.5 Å². The van der Waals surface area contributed by atoms with Crippen molar-refractivity contribution < 1.29 is 14.3 Å². The lowest BCUT2D eigenvalue weighted by molar-refractivity contribution is -0.152. The van der Waals surface area contributed by atoms with Crippen molar-refractivity contribution in [1.29, 1.82) is 0 Å². The highest BCUT2D eigenvalue weighted by atomic mass is 35.5. The van der Waals surface area contributed by atoms with Crippen LogP contribution in [0.25, 0.3) is 0 Å². The average Bonchev–Trinajstić information content (AvgIpc) is 2.94. The van der Waals surface area contributed by atoms with Crippen LogP contribution in [0.4, 0.5) is 0 Å². The molecule has 3 rings (SSSR count). The second-order valence-corrected chi connectivity index (χ2v) is 8.01. The molecule has 2 saturated heterocycles. The molecule has 0 saturated carbocycles. The average molecular weight is 379 g/mol. The van der Waals surface area contributed by atoms with Crippen molar-refractivity contribution in [3.63, 3.8) is 0 Å². The molecule has 1 amide bonds. The van der Waals surface area contributed by atoms with Gasteiger partial charge in [-0.2, -0.15) is 0 Å². The van der Waals surface area contributed by atoms with Gasteiger partial charge in [0.2, 0.25) is 5.91 Å². The van der Waals surface area contributed by atoms with Crippen molar-refractivity contribution in [3.05, 3.63) is 34.9 Å². The monoisotopic (exact) mass is 378 g/mol. The number of rotatable bonds is 3. The van der Waals surface area contributed by atoms with Gasteiger partial charge >= 0.3 is 5.97 Å². The van der Waals surface area contributed by atoms with Gasteiger partial charge in [0.15, 0.2) is 0 Å². The maximum atomic E-state index is 13.3. The van der Waals surface area contributed by atoms with Crippen LogP contribution < -0.4 is 0 Å². The van der Waals surface area contributed by atoms with Crippen LogP contribution in [-0.4, -0.2) is 54.5 Å². The molecule has 2 aliphatic heterocycles. The molecule has 0 radical (unpaired) electrons. The number of carbonyl (C=O) groups is 2. The molecule has 2 aliphatic rings. The number of piperidine rings is 1. The summed E-state index contributed by atoms with van der Waals surface area (Å²) in [5.74, 6) is -0.430. The maximum Gasteiger partial charge on any atom is 0.326 e. The number of likely N-dealkylation sites (tertiary alicyclic amines) is 2. The zero-order valence-corrected chi connectivity index (χ0v) is 16.5. The standard InChI is InChI=1S/C20H27ClN2O3/c1-20(19(25)26-3)13-16(18(24)23-11-5-4-6-12-23)17(22(20)2)14-7-9-15(21)10-8-14/h7-10,16-17H,4-6,11-13H2,1-3H3/t16-,17-,20-/m0/s1. The van der Waals surface area contributed by atoms with Crippen molar-refractivity contribution in [3.8, 4) is 0 Å². The summed E-state index contributed by atoms with van der Waals surface area (Å²) in [6.45, 7) is 3.48. The van der Waals surface area contributed by atoms with Gasteiger partial charge < -0.3 is 9.64 Å². The number of methoxy groups -OCH3 is 1. The lowest BCUT2D eigenvalue weighted by atomic mass is 9.88. The Kier molecular flexibility index (Phi) is 5.58. The number of carbonyl (C=O) groups excluding carboxylic acids is 2. The van der Waals surface area contributed by atoms with E-state index in [-0.39, 0.29) is 23.8 Å². The van der Waals surface area contributed by atoms with Crippen LogP contribution >= 0.6 is 11.6 Å². The second kappa shape index (κ2) is 7.57. The fraction of sp³-hybridized carbons (Fsp3) is 0.600. The minimum absolute atomic E-state index is 0.143.